The number of phosphoric ester groups is 2. The molecule has 0 aliphatic carbocycles. The third-order valence-corrected chi connectivity index (χ3v) is 22.3. The molecule has 3 N–H and O–H groups in total. The lowest BCUT2D eigenvalue weighted by molar-refractivity contribution is -0.161. The molecule has 5 atom stereocenters. The summed E-state index contributed by atoms with van der Waals surface area (Å²) in [5, 5.41) is 10.7. The number of aliphatic hydroxyl groups excluding tert-OH is 1. The highest BCUT2D eigenvalue weighted by Crippen LogP contribution is 2.45. The van der Waals surface area contributed by atoms with Crippen molar-refractivity contribution in [3.8, 4) is 0 Å². The first kappa shape index (κ1) is 104. The monoisotopic (exact) mass is 1550 g/mol. The first-order valence-corrected chi connectivity index (χ1v) is 47.8. The number of unbranched alkanes of at least 4 members (excludes halogenated alkanes) is 53. The quantitative estimate of drug-likeness (QED) is 0.0222. The van der Waals surface area contributed by atoms with Crippen molar-refractivity contribution in [2.75, 3.05) is 39.6 Å². The minimum Gasteiger partial charge on any atom is -0.462 e. The summed E-state index contributed by atoms with van der Waals surface area (Å²) in [6.07, 6.45) is 68.1. The van der Waals surface area contributed by atoms with E-state index in [0.717, 1.165) is 108 Å². The molecule has 0 saturated carbocycles. The Morgan fingerprint density at radius 3 is 0.642 bits per heavy atom. The average Bonchev–Trinajstić information content (AvgIpc) is 0.914. The molecule has 0 radical (unpaired) electrons. The smallest absolute Gasteiger partial charge is 0.462 e. The van der Waals surface area contributed by atoms with Gasteiger partial charge in [0, 0.05) is 25.7 Å². The highest BCUT2D eigenvalue weighted by atomic mass is 31.2. The second-order valence-corrected chi connectivity index (χ2v) is 35.6. The highest BCUT2D eigenvalue weighted by Gasteiger charge is 2.30. The van der Waals surface area contributed by atoms with E-state index < -0.39 is 97.5 Å². The predicted octanol–water partition coefficient (Wildman–Crippen LogP) is 26.5. The zero-order valence-corrected chi connectivity index (χ0v) is 71.7. The summed E-state index contributed by atoms with van der Waals surface area (Å²) in [5.74, 6) is 0.324. The second-order valence-electron chi connectivity index (χ2n) is 32.7. The molecule has 106 heavy (non-hydrogen) atoms. The van der Waals surface area contributed by atoms with Crippen LogP contribution in [0.3, 0.4) is 0 Å². The summed E-state index contributed by atoms with van der Waals surface area (Å²) in [7, 11) is -9.93. The Bertz CT molecular complexity index is 2040. The minimum absolute atomic E-state index is 0.108. The van der Waals surface area contributed by atoms with Gasteiger partial charge in [-0.15, -0.1) is 0 Å². The number of aliphatic hydroxyl groups is 1. The number of phosphoric acid groups is 2. The van der Waals surface area contributed by atoms with Gasteiger partial charge in [0.1, 0.15) is 19.3 Å². The lowest BCUT2D eigenvalue weighted by atomic mass is 10.0. The zero-order chi connectivity index (χ0) is 77.9. The predicted molar refractivity (Wildman–Crippen MR) is 437 cm³/mol. The van der Waals surface area contributed by atoms with E-state index in [1.54, 1.807) is 0 Å². The molecule has 0 bridgehead atoms. The van der Waals surface area contributed by atoms with E-state index in [1.807, 2.05) is 0 Å². The Labute approximate surface area is 651 Å². The molecule has 630 valence electrons. The van der Waals surface area contributed by atoms with Gasteiger partial charge in [0.05, 0.1) is 26.4 Å². The van der Waals surface area contributed by atoms with Gasteiger partial charge in [-0.05, 0) is 43.4 Å². The number of hydrogen-bond donors (Lipinski definition) is 3. The summed E-state index contributed by atoms with van der Waals surface area (Å²) in [5.41, 5.74) is 0. The van der Waals surface area contributed by atoms with Crippen LogP contribution in [0.1, 0.15) is 459 Å². The van der Waals surface area contributed by atoms with Crippen molar-refractivity contribution < 1.29 is 80.2 Å². The van der Waals surface area contributed by atoms with Crippen LogP contribution >= 0.6 is 15.6 Å². The molecule has 0 aliphatic heterocycles. The molecule has 0 aliphatic rings. The van der Waals surface area contributed by atoms with E-state index in [0.29, 0.717) is 25.7 Å². The van der Waals surface area contributed by atoms with Crippen LogP contribution in [0.2, 0.25) is 0 Å². The fourth-order valence-corrected chi connectivity index (χ4v) is 15.1. The number of hydrogen-bond acceptors (Lipinski definition) is 15. The van der Waals surface area contributed by atoms with Gasteiger partial charge in [-0.25, -0.2) is 9.13 Å². The van der Waals surface area contributed by atoms with E-state index in [1.165, 1.54) is 270 Å². The maximum absolute atomic E-state index is 13.2. The zero-order valence-electron chi connectivity index (χ0n) is 69.9. The van der Waals surface area contributed by atoms with Gasteiger partial charge in [-0.2, -0.15) is 0 Å². The number of carbonyl (C=O) groups is 4. The van der Waals surface area contributed by atoms with Crippen LogP contribution in [0.4, 0.5) is 0 Å². The van der Waals surface area contributed by atoms with Crippen LogP contribution in [-0.4, -0.2) is 96.7 Å². The van der Waals surface area contributed by atoms with E-state index in [2.05, 4.69) is 48.5 Å². The van der Waals surface area contributed by atoms with Gasteiger partial charge >= 0.3 is 39.5 Å². The van der Waals surface area contributed by atoms with Crippen LogP contribution in [-0.2, 0) is 65.4 Å². The van der Waals surface area contributed by atoms with Gasteiger partial charge in [0.25, 0.3) is 0 Å². The normalized spacial score (nSPS) is 13.9. The fourth-order valence-electron chi connectivity index (χ4n) is 13.5. The number of ether oxygens (including phenoxy) is 4. The molecule has 0 aromatic heterocycles. The highest BCUT2D eigenvalue weighted by molar-refractivity contribution is 7.47. The number of rotatable bonds is 85. The van der Waals surface area contributed by atoms with Crippen molar-refractivity contribution in [1.82, 2.24) is 0 Å². The molecule has 0 aromatic carbocycles. The molecule has 2 unspecified atom stereocenters. The SMILES string of the molecule is CCCCCCCCCCCC(=O)OC[C@H](COP(=O)(O)OC[C@H](O)COP(=O)(O)OC[C@@H](COC(=O)CCCCCCCCCCCCCCCCCCC(C)C)OC(=O)CCCCCCCCCCCCCCCCCCCCC(C)C)OC(=O)CCCCCCCCCCCCCCCCC(C)C. The van der Waals surface area contributed by atoms with E-state index in [-0.39, 0.29) is 25.7 Å². The second kappa shape index (κ2) is 77.0. The molecule has 19 heteroatoms. The van der Waals surface area contributed by atoms with E-state index >= 15 is 0 Å². The first-order chi connectivity index (χ1) is 51.2. The third-order valence-electron chi connectivity index (χ3n) is 20.4. The molecule has 0 saturated heterocycles. The topological polar surface area (TPSA) is 237 Å². The molecule has 0 aromatic rings. The Balaban J connectivity index is 5.21. The molecule has 0 amide bonds. The first-order valence-electron chi connectivity index (χ1n) is 44.8. The minimum atomic E-state index is -4.97. The van der Waals surface area contributed by atoms with Crippen LogP contribution in [0.25, 0.3) is 0 Å². The number of esters is 4. The van der Waals surface area contributed by atoms with Crippen LogP contribution in [0.15, 0.2) is 0 Å². The lowest BCUT2D eigenvalue weighted by Crippen LogP contribution is -2.30. The summed E-state index contributed by atoms with van der Waals surface area (Å²) in [6.45, 7) is 12.1. The Morgan fingerprint density at radius 2 is 0.434 bits per heavy atom. The van der Waals surface area contributed by atoms with Crippen LogP contribution < -0.4 is 0 Å². The van der Waals surface area contributed by atoms with Crippen molar-refractivity contribution in [1.29, 1.82) is 0 Å². The van der Waals surface area contributed by atoms with Gasteiger partial charge in [-0.1, -0.05) is 408 Å². The molecule has 0 fully saturated rings. The molecule has 17 nitrogen and oxygen atoms in total. The van der Waals surface area contributed by atoms with Gasteiger partial charge in [-0.3, -0.25) is 37.3 Å². The Hall–Kier alpha value is -1.94. The molecule has 0 heterocycles. The van der Waals surface area contributed by atoms with Crippen molar-refractivity contribution in [3.63, 3.8) is 0 Å². The summed E-state index contributed by atoms with van der Waals surface area (Å²) < 4.78 is 68.9. The maximum Gasteiger partial charge on any atom is 0.472 e. The standard InChI is InChI=1S/C87H170O17P2/c1-8-9-10-11-12-37-47-54-61-68-84(89)97-74-82(103-86(91)71-64-57-50-43-36-30-24-23-27-33-40-46-53-60-67-80(6)7)76-101-105(93,94)99-72-81(88)73-100-106(95,96)102-77-83(75-98-85(90)69-62-55-48-41-34-28-21-18-17-20-26-32-39-45-52-59-66-79(4)5)104-87(92)70-63-56-49-42-35-29-22-16-14-13-15-19-25-31-38-44-51-58-65-78(2)3/h78-83,88H,8-77H2,1-7H3,(H,93,94)(H,95,96)/t81-,82+,83+/m0/s1. The molecule has 0 rings (SSSR count). The number of carbonyl (C=O) groups excluding carboxylic acids is 4. The van der Waals surface area contributed by atoms with Crippen molar-refractivity contribution in [3.05, 3.63) is 0 Å². The van der Waals surface area contributed by atoms with Crippen molar-refractivity contribution in [2.24, 2.45) is 17.8 Å². The lowest BCUT2D eigenvalue weighted by Gasteiger charge is -2.21. The average molecular weight is 1550 g/mol. The van der Waals surface area contributed by atoms with Gasteiger partial charge < -0.3 is 33.8 Å². The largest absolute Gasteiger partial charge is 0.472 e. The van der Waals surface area contributed by atoms with Crippen molar-refractivity contribution >= 4 is 39.5 Å². The van der Waals surface area contributed by atoms with Crippen LogP contribution in [0, 0.1) is 17.8 Å². The van der Waals surface area contributed by atoms with Crippen molar-refractivity contribution in [2.45, 2.75) is 478 Å². The van der Waals surface area contributed by atoms with E-state index in [9.17, 15) is 43.2 Å². The Kier molecular flexibility index (Phi) is 75.6. The molecular formula is C87H170O17P2. The third kappa shape index (κ3) is 80.1. The fraction of sp³-hybridized carbons (Fsp3) is 0.954. The Morgan fingerprint density at radius 1 is 0.255 bits per heavy atom. The molecular weight excluding hydrogens is 1380 g/mol. The summed E-state index contributed by atoms with van der Waals surface area (Å²) in [6, 6.07) is 0. The van der Waals surface area contributed by atoms with Gasteiger partial charge in [0.2, 0.25) is 0 Å². The molecule has 0 spiro atoms. The van der Waals surface area contributed by atoms with Crippen LogP contribution in [0.5, 0.6) is 0 Å². The van der Waals surface area contributed by atoms with Gasteiger partial charge in [0.15, 0.2) is 12.2 Å². The summed E-state index contributed by atoms with van der Waals surface area (Å²) >= 11 is 0. The maximum atomic E-state index is 13.2. The summed E-state index contributed by atoms with van der Waals surface area (Å²) in [4.78, 5) is 73.2. The van der Waals surface area contributed by atoms with E-state index in [4.69, 9.17) is 37.0 Å².